The maximum atomic E-state index is 10.3. The number of methoxy groups -OCH3 is 2. The van der Waals surface area contributed by atoms with Gasteiger partial charge >= 0.3 is 0 Å². The fraction of sp³-hybridized carbons (Fsp3) is 0.538. The first-order chi connectivity index (χ1) is 8.10. The fourth-order valence-corrected chi connectivity index (χ4v) is 2.43. The molecule has 1 N–H and O–H groups in total. The Bertz CT molecular complexity index is 431. The Morgan fingerprint density at radius 3 is 2.65 bits per heavy atom. The van der Waals surface area contributed by atoms with Gasteiger partial charge in [0.2, 0.25) is 5.75 Å². The quantitative estimate of drug-likeness (QED) is 0.853. The number of phenolic OH excluding ortho intramolecular Hbond substituents is 1. The number of rotatable bonds is 2. The summed E-state index contributed by atoms with van der Waals surface area (Å²) >= 11 is 0. The number of nitrogens with zero attached hydrogens (tertiary/aromatic N) is 1. The second-order valence-corrected chi connectivity index (χ2v) is 4.44. The van der Waals surface area contributed by atoms with Gasteiger partial charge in [-0.1, -0.05) is 0 Å². The molecule has 0 radical (unpaired) electrons. The molecule has 4 heteroatoms. The lowest BCUT2D eigenvalue weighted by Gasteiger charge is -2.33. The van der Waals surface area contributed by atoms with E-state index in [2.05, 4.69) is 18.9 Å². The first kappa shape index (κ1) is 12.0. The Kier molecular flexibility index (Phi) is 3.15. The van der Waals surface area contributed by atoms with Crippen LogP contribution in [0.5, 0.6) is 17.2 Å². The Morgan fingerprint density at radius 2 is 2.06 bits per heavy atom. The zero-order chi connectivity index (χ0) is 12.6. The third-order valence-corrected chi connectivity index (χ3v) is 3.58. The van der Waals surface area contributed by atoms with Gasteiger partial charge in [0.1, 0.15) is 0 Å². The Balaban J connectivity index is 2.61. The van der Waals surface area contributed by atoms with Crippen LogP contribution in [0, 0.1) is 0 Å². The van der Waals surface area contributed by atoms with Crippen LogP contribution in [0.25, 0.3) is 0 Å². The van der Waals surface area contributed by atoms with E-state index in [1.165, 1.54) is 0 Å². The van der Waals surface area contributed by atoms with Gasteiger partial charge in [-0.15, -0.1) is 0 Å². The number of benzene rings is 1. The zero-order valence-electron chi connectivity index (χ0n) is 10.8. The minimum atomic E-state index is 0.193. The van der Waals surface area contributed by atoms with Crippen LogP contribution >= 0.6 is 0 Å². The van der Waals surface area contributed by atoms with Crippen molar-refractivity contribution in [1.29, 1.82) is 0 Å². The first-order valence-corrected chi connectivity index (χ1v) is 5.77. The standard InChI is InChI=1S/C13H19NO3/c1-8-11-9(5-6-14(8)2)7-10(16-3)13(17-4)12(11)15/h7-8,15H,5-6H2,1-4H3/t8-/m0/s1. The molecule has 17 heavy (non-hydrogen) atoms. The predicted molar refractivity (Wildman–Crippen MR) is 66.0 cm³/mol. The molecule has 1 atom stereocenters. The van der Waals surface area contributed by atoms with Crippen LogP contribution in [-0.2, 0) is 6.42 Å². The Hall–Kier alpha value is -1.42. The minimum absolute atomic E-state index is 0.193. The molecule has 0 saturated carbocycles. The minimum Gasteiger partial charge on any atom is -0.504 e. The van der Waals surface area contributed by atoms with Crippen molar-refractivity contribution in [2.24, 2.45) is 0 Å². The molecule has 1 heterocycles. The van der Waals surface area contributed by atoms with E-state index in [-0.39, 0.29) is 11.8 Å². The van der Waals surface area contributed by atoms with Gasteiger partial charge in [0.25, 0.3) is 0 Å². The van der Waals surface area contributed by atoms with E-state index in [0.29, 0.717) is 11.5 Å². The van der Waals surface area contributed by atoms with Crippen molar-refractivity contribution in [3.63, 3.8) is 0 Å². The third-order valence-electron chi connectivity index (χ3n) is 3.58. The number of ether oxygens (including phenoxy) is 2. The van der Waals surface area contributed by atoms with Crippen LogP contribution in [0.4, 0.5) is 0 Å². The van der Waals surface area contributed by atoms with Crippen molar-refractivity contribution < 1.29 is 14.6 Å². The average molecular weight is 237 g/mol. The molecule has 0 amide bonds. The molecule has 94 valence electrons. The van der Waals surface area contributed by atoms with E-state index in [1.54, 1.807) is 14.2 Å². The lowest BCUT2D eigenvalue weighted by atomic mass is 9.92. The van der Waals surface area contributed by atoms with Crippen LogP contribution in [0.15, 0.2) is 6.07 Å². The van der Waals surface area contributed by atoms with E-state index in [1.807, 2.05) is 6.07 Å². The monoisotopic (exact) mass is 237 g/mol. The summed E-state index contributed by atoms with van der Waals surface area (Å²) in [5, 5.41) is 10.3. The summed E-state index contributed by atoms with van der Waals surface area (Å²) in [5.41, 5.74) is 2.10. The van der Waals surface area contributed by atoms with Crippen molar-refractivity contribution in [2.75, 3.05) is 27.8 Å². The maximum absolute atomic E-state index is 10.3. The zero-order valence-corrected chi connectivity index (χ0v) is 10.8. The lowest BCUT2D eigenvalue weighted by Crippen LogP contribution is -2.30. The molecule has 0 aromatic heterocycles. The molecular weight excluding hydrogens is 218 g/mol. The highest BCUT2D eigenvalue weighted by Crippen LogP contribution is 2.46. The van der Waals surface area contributed by atoms with E-state index in [0.717, 1.165) is 24.1 Å². The van der Waals surface area contributed by atoms with E-state index in [9.17, 15) is 5.11 Å². The molecule has 1 aromatic rings. The topological polar surface area (TPSA) is 41.9 Å². The van der Waals surface area contributed by atoms with Crippen LogP contribution in [0.2, 0.25) is 0 Å². The van der Waals surface area contributed by atoms with Crippen molar-refractivity contribution >= 4 is 0 Å². The summed E-state index contributed by atoms with van der Waals surface area (Å²) in [7, 11) is 5.19. The van der Waals surface area contributed by atoms with E-state index >= 15 is 0 Å². The largest absolute Gasteiger partial charge is 0.504 e. The number of aromatic hydroxyl groups is 1. The first-order valence-electron chi connectivity index (χ1n) is 5.77. The van der Waals surface area contributed by atoms with Crippen LogP contribution < -0.4 is 9.47 Å². The third kappa shape index (κ3) is 1.82. The maximum Gasteiger partial charge on any atom is 0.203 e. The molecule has 1 aliphatic heterocycles. The highest BCUT2D eigenvalue weighted by molar-refractivity contribution is 5.59. The van der Waals surface area contributed by atoms with Gasteiger partial charge < -0.3 is 14.6 Å². The second-order valence-electron chi connectivity index (χ2n) is 4.44. The molecular formula is C13H19NO3. The molecule has 4 nitrogen and oxygen atoms in total. The van der Waals surface area contributed by atoms with Crippen molar-refractivity contribution in [2.45, 2.75) is 19.4 Å². The second kappa shape index (κ2) is 4.45. The van der Waals surface area contributed by atoms with Gasteiger partial charge in [-0.3, -0.25) is 4.90 Å². The lowest BCUT2D eigenvalue weighted by molar-refractivity contribution is 0.237. The van der Waals surface area contributed by atoms with Gasteiger partial charge in [0, 0.05) is 18.2 Å². The molecule has 1 aliphatic rings. The fourth-order valence-electron chi connectivity index (χ4n) is 2.43. The van der Waals surface area contributed by atoms with Gasteiger partial charge in [-0.25, -0.2) is 0 Å². The number of hydrogen-bond donors (Lipinski definition) is 1. The molecule has 0 saturated heterocycles. The van der Waals surface area contributed by atoms with Crippen molar-refractivity contribution in [1.82, 2.24) is 4.90 Å². The average Bonchev–Trinajstić information content (AvgIpc) is 2.33. The van der Waals surface area contributed by atoms with Gasteiger partial charge in [0.05, 0.1) is 14.2 Å². The van der Waals surface area contributed by atoms with Crippen molar-refractivity contribution in [3.05, 3.63) is 17.2 Å². The molecule has 0 aliphatic carbocycles. The number of likely N-dealkylation sites (N-methyl/N-ethyl adjacent to an activating group) is 1. The molecule has 0 unspecified atom stereocenters. The Morgan fingerprint density at radius 1 is 1.35 bits per heavy atom. The summed E-state index contributed by atoms with van der Waals surface area (Å²) in [6.45, 7) is 3.08. The van der Waals surface area contributed by atoms with Crippen LogP contribution in [-0.4, -0.2) is 37.8 Å². The van der Waals surface area contributed by atoms with Crippen molar-refractivity contribution in [3.8, 4) is 17.2 Å². The SMILES string of the molecule is COc1cc2c(c(O)c1OC)[C@H](C)N(C)CC2. The van der Waals surface area contributed by atoms with E-state index in [4.69, 9.17) is 9.47 Å². The predicted octanol–water partition coefficient (Wildman–Crippen LogP) is 1.96. The van der Waals surface area contributed by atoms with Gasteiger partial charge in [0.15, 0.2) is 11.5 Å². The Labute approximate surface area is 102 Å². The normalized spacial score (nSPS) is 19.9. The molecule has 0 bridgehead atoms. The molecule has 0 fully saturated rings. The van der Waals surface area contributed by atoms with Crippen LogP contribution in [0.1, 0.15) is 24.1 Å². The number of hydrogen-bond acceptors (Lipinski definition) is 4. The summed E-state index contributed by atoms with van der Waals surface area (Å²) in [6, 6.07) is 2.16. The molecule has 1 aromatic carbocycles. The summed E-state index contributed by atoms with van der Waals surface area (Å²) in [4.78, 5) is 2.22. The van der Waals surface area contributed by atoms with E-state index < -0.39 is 0 Å². The smallest absolute Gasteiger partial charge is 0.203 e. The highest BCUT2D eigenvalue weighted by atomic mass is 16.5. The van der Waals surface area contributed by atoms with Gasteiger partial charge in [-0.05, 0) is 32.0 Å². The summed E-state index contributed by atoms with van der Waals surface area (Å²) < 4.78 is 10.5. The number of phenols is 1. The molecule has 0 spiro atoms. The number of fused-ring (bicyclic) bond motifs is 1. The van der Waals surface area contributed by atoms with Crippen LogP contribution in [0.3, 0.4) is 0 Å². The summed E-state index contributed by atoms with van der Waals surface area (Å²) in [5.74, 6) is 1.23. The molecule has 2 rings (SSSR count). The highest BCUT2D eigenvalue weighted by Gasteiger charge is 2.28. The van der Waals surface area contributed by atoms with Gasteiger partial charge in [-0.2, -0.15) is 0 Å². The summed E-state index contributed by atoms with van der Waals surface area (Å²) in [6.07, 6.45) is 0.921.